The zero-order valence-electron chi connectivity index (χ0n) is 11.4. The summed E-state index contributed by atoms with van der Waals surface area (Å²) in [7, 11) is 1.59. The highest BCUT2D eigenvalue weighted by Crippen LogP contribution is 2.27. The minimum Gasteiger partial charge on any atom is -0.315 e. The molecule has 0 unspecified atom stereocenters. The standard InChI is InChI=1S/C13H12N4O3S/c1-8(18)17(2)10-6-4-3-5-9(10)12(19)15-13-14-7-11(16-20)21-13/h3-7H,1-2H3,(H,14,15,19). The number of nitrogens with one attached hydrogen (secondary N) is 1. The number of nitrogens with zero attached hydrogens (tertiary/aromatic N) is 3. The van der Waals surface area contributed by atoms with Gasteiger partial charge in [-0.2, -0.15) is 0 Å². The molecule has 21 heavy (non-hydrogen) atoms. The number of aromatic nitrogens is 1. The van der Waals surface area contributed by atoms with Gasteiger partial charge >= 0.3 is 0 Å². The van der Waals surface area contributed by atoms with Crippen LogP contribution in [0.2, 0.25) is 0 Å². The molecular weight excluding hydrogens is 292 g/mol. The third-order valence-corrected chi connectivity index (χ3v) is 3.58. The summed E-state index contributed by atoms with van der Waals surface area (Å²) in [6.45, 7) is 1.41. The summed E-state index contributed by atoms with van der Waals surface area (Å²) in [5.74, 6) is -0.595. The predicted molar refractivity (Wildman–Crippen MR) is 81.0 cm³/mol. The number of anilines is 2. The molecule has 0 aliphatic heterocycles. The summed E-state index contributed by atoms with van der Waals surface area (Å²) < 4.78 is 0. The van der Waals surface area contributed by atoms with Crippen molar-refractivity contribution in [3.05, 3.63) is 40.9 Å². The topological polar surface area (TPSA) is 91.7 Å². The van der Waals surface area contributed by atoms with Crippen molar-refractivity contribution in [1.82, 2.24) is 4.98 Å². The van der Waals surface area contributed by atoms with E-state index in [1.54, 1.807) is 31.3 Å². The Morgan fingerprint density at radius 1 is 1.33 bits per heavy atom. The van der Waals surface area contributed by atoms with Crippen molar-refractivity contribution in [1.29, 1.82) is 0 Å². The Morgan fingerprint density at radius 3 is 2.67 bits per heavy atom. The molecule has 0 spiro atoms. The maximum absolute atomic E-state index is 12.3. The van der Waals surface area contributed by atoms with E-state index in [4.69, 9.17) is 0 Å². The molecule has 8 heteroatoms. The number of para-hydroxylation sites is 1. The zero-order valence-corrected chi connectivity index (χ0v) is 12.2. The molecule has 0 aliphatic rings. The van der Waals surface area contributed by atoms with Crippen LogP contribution in [0.5, 0.6) is 0 Å². The van der Waals surface area contributed by atoms with Gasteiger partial charge in [0.15, 0.2) is 10.1 Å². The summed E-state index contributed by atoms with van der Waals surface area (Å²) in [5, 5.41) is 5.77. The lowest BCUT2D eigenvalue weighted by atomic mass is 10.1. The van der Waals surface area contributed by atoms with E-state index in [0.29, 0.717) is 11.3 Å². The van der Waals surface area contributed by atoms with Crippen molar-refractivity contribution >= 4 is 39.0 Å². The second-order valence-corrected chi connectivity index (χ2v) is 5.15. The number of carbonyl (C=O) groups is 2. The predicted octanol–water partition coefficient (Wildman–Crippen LogP) is 2.78. The van der Waals surface area contributed by atoms with E-state index in [1.807, 2.05) is 0 Å². The lowest BCUT2D eigenvalue weighted by Gasteiger charge is -2.18. The van der Waals surface area contributed by atoms with Crippen LogP contribution in [-0.2, 0) is 4.79 Å². The van der Waals surface area contributed by atoms with E-state index in [1.165, 1.54) is 18.0 Å². The Balaban J connectivity index is 2.26. The smallest absolute Gasteiger partial charge is 0.259 e. The molecule has 1 heterocycles. The molecule has 2 amide bonds. The number of carbonyl (C=O) groups excluding carboxylic acids is 2. The summed E-state index contributed by atoms with van der Waals surface area (Å²) >= 11 is 0.974. The molecule has 0 aliphatic carbocycles. The SMILES string of the molecule is CC(=O)N(C)c1ccccc1C(=O)Nc1ncc(N=O)s1. The van der Waals surface area contributed by atoms with E-state index >= 15 is 0 Å². The first-order valence-corrected chi connectivity index (χ1v) is 6.78. The van der Waals surface area contributed by atoms with Crippen molar-refractivity contribution in [2.75, 3.05) is 17.3 Å². The summed E-state index contributed by atoms with van der Waals surface area (Å²) in [4.78, 5) is 39.3. The maximum atomic E-state index is 12.3. The lowest BCUT2D eigenvalue weighted by molar-refractivity contribution is -0.116. The van der Waals surface area contributed by atoms with Crippen LogP contribution in [0.1, 0.15) is 17.3 Å². The van der Waals surface area contributed by atoms with E-state index in [2.05, 4.69) is 15.5 Å². The quantitative estimate of drug-likeness (QED) is 0.879. The van der Waals surface area contributed by atoms with Crippen LogP contribution in [0, 0.1) is 4.91 Å². The number of benzene rings is 1. The molecular formula is C13H12N4O3S. The molecule has 7 nitrogen and oxygen atoms in total. The summed E-state index contributed by atoms with van der Waals surface area (Å²) in [5.41, 5.74) is 0.832. The van der Waals surface area contributed by atoms with E-state index in [-0.39, 0.29) is 16.0 Å². The van der Waals surface area contributed by atoms with Crippen molar-refractivity contribution in [2.24, 2.45) is 5.18 Å². The fourth-order valence-electron chi connectivity index (χ4n) is 1.66. The van der Waals surface area contributed by atoms with Crippen molar-refractivity contribution < 1.29 is 9.59 Å². The van der Waals surface area contributed by atoms with Crippen LogP contribution in [0.25, 0.3) is 0 Å². The third kappa shape index (κ3) is 3.29. The summed E-state index contributed by atoms with van der Waals surface area (Å²) in [6.07, 6.45) is 1.28. The second kappa shape index (κ2) is 6.23. The minimum atomic E-state index is -0.412. The first kappa shape index (κ1) is 14.8. The van der Waals surface area contributed by atoms with Gasteiger partial charge in [0.1, 0.15) is 0 Å². The first-order valence-electron chi connectivity index (χ1n) is 5.96. The van der Waals surface area contributed by atoms with Gasteiger partial charge in [-0.3, -0.25) is 14.9 Å². The van der Waals surface area contributed by atoms with Gasteiger partial charge in [0.05, 0.1) is 17.4 Å². The van der Waals surface area contributed by atoms with Gasteiger partial charge in [0, 0.05) is 14.0 Å². The molecule has 108 valence electrons. The van der Waals surface area contributed by atoms with Gasteiger partial charge in [-0.1, -0.05) is 23.5 Å². The number of hydrogen-bond acceptors (Lipinski definition) is 6. The molecule has 0 atom stereocenters. The molecule has 1 N–H and O–H groups in total. The lowest BCUT2D eigenvalue weighted by Crippen LogP contribution is -2.26. The second-order valence-electron chi connectivity index (χ2n) is 4.14. The highest BCUT2D eigenvalue weighted by Gasteiger charge is 2.17. The number of amides is 2. The maximum Gasteiger partial charge on any atom is 0.259 e. The van der Waals surface area contributed by atoms with Gasteiger partial charge in [-0.05, 0) is 17.3 Å². The van der Waals surface area contributed by atoms with Crippen LogP contribution < -0.4 is 10.2 Å². The number of thiazole rings is 1. The Morgan fingerprint density at radius 2 is 2.05 bits per heavy atom. The minimum absolute atomic E-state index is 0.180. The van der Waals surface area contributed by atoms with Crippen molar-refractivity contribution in [2.45, 2.75) is 6.92 Å². The van der Waals surface area contributed by atoms with Crippen LogP contribution in [0.15, 0.2) is 35.6 Å². The number of rotatable bonds is 4. The van der Waals surface area contributed by atoms with Crippen LogP contribution in [0.4, 0.5) is 15.8 Å². The zero-order chi connectivity index (χ0) is 15.4. The van der Waals surface area contributed by atoms with Crippen LogP contribution in [0.3, 0.4) is 0 Å². The fourth-order valence-corrected chi connectivity index (χ4v) is 2.25. The number of nitroso groups, excluding NO2 is 1. The van der Waals surface area contributed by atoms with Crippen LogP contribution in [-0.4, -0.2) is 23.8 Å². The van der Waals surface area contributed by atoms with Gasteiger partial charge in [-0.15, -0.1) is 4.91 Å². The van der Waals surface area contributed by atoms with E-state index < -0.39 is 5.91 Å². The average molecular weight is 304 g/mol. The Bertz CT molecular complexity index is 698. The molecule has 1 aromatic heterocycles. The van der Waals surface area contributed by atoms with Crippen LogP contribution >= 0.6 is 11.3 Å². The normalized spacial score (nSPS) is 10.0. The van der Waals surface area contributed by atoms with Gasteiger partial charge in [-0.25, -0.2) is 4.98 Å². The highest BCUT2D eigenvalue weighted by molar-refractivity contribution is 7.19. The molecule has 2 aromatic rings. The average Bonchev–Trinajstić information content (AvgIpc) is 2.94. The first-order chi connectivity index (χ1) is 10.0. The van der Waals surface area contributed by atoms with E-state index in [9.17, 15) is 14.5 Å². The third-order valence-electron chi connectivity index (χ3n) is 2.79. The highest BCUT2D eigenvalue weighted by atomic mass is 32.1. The molecule has 0 bridgehead atoms. The molecule has 0 fully saturated rings. The molecule has 0 saturated heterocycles. The van der Waals surface area contributed by atoms with Crippen molar-refractivity contribution in [3.63, 3.8) is 0 Å². The van der Waals surface area contributed by atoms with Gasteiger partial charge < -0.3 is 4.90 Å². The van der Waals surface area contributed by atoms with Gasteiger partial charge in [0.25, 0.3) is 5.91 Å². The molecule has 0 saturated carbocycles. The van der Waals surface area contributed by atoms with Crippen molar-refractivity contribution in [3.8, 4) is 0 Å². The Labute approximate surface area is 124 Å². The monoisotopic (exact) mass is 304 g/mol. The number of hydrogen-bond donors (Lipinski definition) is 1. The Kier molecular flexibility index (Phi) is 4.39. The Hall–Kier alpha value is -2.61. The summed E-state index contributed by atoms with van der Waals surface area (Å²) in [6, 6.07) is 6.73. The largest absolute Gasteiger partial charge is 0.315 e. The molecule has 1 aromatic carbocycles. The fraction of sp³-hybridized carbons (Fsp3) is 0.154. The molecule has 2 rings (SSSR count). The van der Waals surface area contributed by atoms with E-state index in [0.717, 1.165) is 11.3 Å². The molecule has 0 radical (unpaired) electrons. The van der Waals surface area contributed by atoms with Gasteiger partial charge in [0.2, 0.25) is 5.91 Å².